The van der Waals surface area contributed by atoms with Gasteiger partial charge in [-0.25, -0.2) is 4.68 Å². The van der Waals surface area contributed by atoms with E-state index in [9.17, 15) is 4.79 Å². The van der Waals surface area contributed by atoms with Crippen LogP contribution < -0.4 is 5.32 Å². The molecule has 1 aromatic carbocycles. The number of para-hydroxylation sites is 1. The third kappa shape index (κ3) is 3.08. The van der Waals surface area contributed by atoms with E-state index in [4.69, 9.17) is 9.84 Å². The van der Waals surface area contributed by atoms with Crippen LogP contribution in [0, 0.1) is 0 Å². The van der Waals surface area contributed by atoms with E-state index in [0.29, 0.717) is 11.6 Å². The van der Waals surface area contributed by atoms with Crippen molar-refractivity contribution in [2.75, 3.05) is 6.61 Å². The number of hydrogen-bond donors (Lipinski definition) is 1. The van der Waals surface area contributed by atoms with E-state index in [-0.39, 0.29) is 18.1 Å². The molecule has 0 radical (unpaired) electrons. The molecular formula is C19H23N3O2. The summed E-state index contributed by atoms with van der Waals surface area (Å²) in [6, 6.07) is 11.8. The van der Waals surface area contributed by atoms with E-state index in [0.717, 1.165) is 30.8 Å². The molecule has 1 N–H and O–H groups in total. The summed E-state index contributed by atoms with van der Waals surface area (Å²) >= 11 is 0. The van der Waals surface area contributed by atoms with Crippen LogP contribution in [0.2, 0.25) is 0 Å². The number of benzene rings is 1. The molecule has 126 valence electrons. The van der Waals surface area contributed by atoms with E-state index >= 15 is 0 Å². The number of nitrogens with one attached hydrogen (secondary N) is 1. The van der Waals surface area contributed by atoms with Gasteiger partial charge >= 0.3 is 0 Å². The van der Waals surface area contributed by atoms with Gasteiger partial charge < -0.3 is 10.1 Å². The Kier molecular flexibility index (Phi) is 4.10. The van der Waals surface area contributed by atoms with Crippen molar-refractivity contribution >= 4 is 5.91 Å². The minimum atomic E-state index is -0.0822. The Bertz CT molecular complexity index is 715. The third-order valence-electron chi connectivity index (χ3n) is 4.84. The van der Waals surface area contributed by atoms with Gasteiger partial charge in [0.15, 0.2) is 0 Å². The smallest absolute Gasteiger partial charge is 0.270 e. The Labute approximate surface area is 142 Å². The molecule has 0 bridgehead atoms. The lowest BCUT2D eigenvalue weighted by Gasteiger charge is -2.20. The number of carbonyl (C=O) groups excluding carboxylic acids is 1. The number of ether oxygens (including phenoxy) is 1. The Morgan fingerprint density at radius 1 is 1.29 bits per heavy atom. The number of nitrogens with zero attached hydrogens (tertiary/aromatic N) is 2. The van der Waals surface area contributed by atoms with E-state index in [1.165, 1.54) is 12.8 Å². The zero-order chi connectivity index (χ0) is 16.5. The summed E-state index contributed by atoms with van der Waals surface area (Å²) in [6.07, 6.45) is 4.52. The summed E-state index contributed by atoms with van der Waals surface area (Å²) < 4.78 is 7.45. The molecule has 0 unspecified atom stereocenters. The zero-order valence-corrected chi connectivity index (χ0v) is 13.9. The van der Waals surface area contributed by atoms with Crippen molar-refractivity contribution < 1.29 is 9.53 Å². The van der Waals surface area contributed by atoms with Gasteiger partial charge in [0.2, 0.25) is 0 Å². The van der Waals surface area contributed by atoms with Gasteiger partial charge in [0.1, 0.15) is 5.69 Å². The summed E-state index contributed by atoms with van der Waals surface area (Å²) in [5, 5.41) is 7.79. The Morgan fingerprint density at radius 2 is 2.08 bits per heavy atom. The summed E-state index contributed by atoms with van der Waals surface area (Å²) in [5.74, 6) is 0.429. The molecule has 1 aliphatic carbocycles. The standard InChI is InChI=1S/C19H23N3O2/c1-13(18-8-5-11-24-18)20-19(23)17-12-16(14-9-10-14)21-22(17)15-6-3-2-4-7-15/h2-4,6-7,12-14,18H,5,8-11H2,1H3,(H,20,23)/t13-,18-/m1/s1. The number of rotatable bonds is 5. The fourth-order valence-corrected chi connectivity index (χ4v) is 3.28. The maximum atomic E-state index is 12.8. The fourth-order valence-electron chi connectivity index (χ4n) is 3.28. The first-order valence-corrected chi connectivity index (χ1v) is 8.80. The minimum Gasteiger partial charge on any atom is -0.376 e. The molecule has 1 saturated heterocycles. The molecule has 4 rings (SSSR count). The second-order valence-corrected chi connectivity index (χ2v) is 6.79. The van der Waals surface area contributed by atoms with Gasteiger partial charge in [-0.2, -0.15) is 5.10 Å². The maximum absolute atomic E-state index is 12.8. The monoisotopic (exact) mass is 325 g/mol. The van der Waals surface area contributed by atoms with E-state index in [1.807, 2.05) is 43.3 Å². The van der Waals surface area contributed by atoms with Gasteiger partial charge in [-0.05, 0) is 50.8 Å². The molecule has 1 aromatic heterocycles. The Hall–Kier alpha value is -2.14. The first kappa shape index (κ1) is 15.4. The van der Waals surface area contributed by atoms with Crippen LogP contribution in [0.1, 0.15) is 54.7 Å². The van der Waals surface area contributed by atoms with Gasteiger partial charge in [0, 0.05) is 12.5 Å². The number of amides is 1. The summed E-state index contributed by atoms with van der Waals surface area (Å²) in [5.41, 5.74) is 2.54. The van der Waals surface area contributed by atoms with Crippen molar-refractivity contribution in [2.24, 2.45) is 0 Å². The molecule has 2 aliphatic rings. The minimum absolute atomic E-state index is 0.00324. The normalized spacial score (nSPS) is 21.6. The van der Waals surface area contributed by atoms with Crippen molar-refractivity contribution in [3.05, 3.63) is 47.8 Å². The van der Waals surface area contributed by atoms with Gasteiger partial charge in [-0.3, -0.25) is 4.79 Å². The van der Waals surface area contributed by atoms with Gasteiger partial charge in [-0.15, -0.1) is 0 Å². The second kappa shape index (κ2) is 6.40. The predicted molar refractivity (Wildman–Crippen MR) is 91.4 cm³/mol. The molecule has 5 nitrogen and oxygen atoms in total. The van der Waals surface area contributed by atoms with Crippen molar-refractivity contribution in [3.8, 4) is 5.69 Å². The highest BCUT2D eigenvalue weighted by molar-refractivity contribution is 5.93. The highest BCUT2D eigenvalue weighted by Gasteiger charge is 2.30. The van der Waals surface area contributed by atoms with Crippen LogP contribution in [0.25, 0.3) is 5.69 Å². The number of carbonyl (C=O) groups is 1. The second-order valence-electron chi connectivity index (χ2n) is 6.79. The van der Waals surface area contributed by atoms with Gasteiger partial charge in [0.05, 0.1) is 23.5 Å². The molecule has 1 amide bonds. The molecule has 1 saturated carbocycles. The van der Waals surface area contributed by atoms with Crippen LogP contribution in [0.3, 0.4) is 0 Å². The maximum Gasteiger partial charge on any atom is 0.270 e. The quantitative estimate of drug-likeness (QED) is 0.919. The average Bonchev–Trinajstić information content (AvgIpc) is 3.14. The van der Waals surface area contributed by atoms with Gasteiger partial charge in [-0.1, -0.05) is 18.2 Å². The van der Waals surface area contributed by atoms with Gasteiger partial charge in [0.25, 0.3) is 5.91 Å². The summed E-state index contributed by atoms with van der Waals surface area (Å²) in [6.45, 7) is 2.80. The lowest BCUT2D eigenvalue weighted by atomic mass is 10.1. The largest absolute Gasteiger partial charge is 0.376 e. The van der Waals surface area contributed by atoms with Crippen LogP contribution in [0.5, 0.6) is 0 Å². The molecular weight excluding hydrogens is 302 g/mol. The van der Waals surface area contributed by atoms with Crippen molar-refractivity contribution in [1.29, 1.82) is 0 Å². The zero-order valence-electron chi connectivity index (χ0n) is 13.9. The van der Waals surface area contributed by atoms with Crippen molar-refractivity contribution in [3.63, 3.8) is 0 Å². The first-order chi connectivity index (χ1) is 11.7. The first-order valence-electron chi connectivity index (χ1n) is 8.80. The van der Waals surface area contributed by atoms with E-state index < -0.39 is 0 Å². The summed E-state index contributed by atoms with van der Waals surface area (Å²) in [4.78, 5) is 12.8. The lowest BCUT2D eigenvalue weighted by molar-refractivity contribution is 0.0708. The van der Waals surface area contributed by atoms with Crippen LogP contribution in [-0.4, -0.2) is 34.4 Å². The number of aromatic nitrogens is 2. The Morgan fingerprint density at radius 3 is 2.75 bits per heavy atom. The van der Waals surface area contributed by atoms with Crippen LogP contribution in [0.4, 0.5) is 0 Å². The molecule has 1 aliphatic heterocycles. The molecule has 2 atom stereocenters. The molecule has 5 heteroatoms. The van der Waals surface area contributed by atoms with E-state index in [1.54, 1.807) is 4.68 Å². The topological polar surface area (TPSA) is 56.2 Å². The lowest BCUT2D eigenvalue weighted by Crippen LogP contribution is -2.41. The molecule has 2 fully saturated rings. The molecule has 2 heterocycles. The fraction of sp³-hybridized carbons (Fsp3) is 0.474. The SMILES string of the molecule is C[C@@H](NC(=O)c1cc(C2CC2)nn1-c1ccccc1)[C@H]1CCCO1. The van der Waals surface area contributed by atoms with Crippen LogP contribution >= 0.6 is 0 Å². The van der Waals surface area contributed by atoms with Crippen LogP contribution in [0.15, 0.2) is 36.4 Å². The summed E-state index contributed by atoms with van der Waals surface area (Å²) in [7, 11) is 0. The predicted octanol–water partition coefficient (Wildman–Crippen LogP) is 3.05. The van der Waals surface area contributed by atoms with Crippen LogP contribution in [-0.2, 0) is 4.74 Å². The van der Waals surface area contributed by atoms with Crippen molar-refractivity contribution in [2.45, 2.75) is 50.7 Å². The van der Waals surface area contributed by atoms with Crippen molar-refractivity contribution in [1.82, 2.24) is 15.1 Å². The molecule has 2 aromatic rings. The third-order valence-corrected chi connectivity index (χ3v) is 4.84. The average molecular weight is 325 g/mol. The number of hydrogen-bond acceptors (Lipinski definition) is 3. The Balaban J connectivity index is 1.59. The highest BCUT2D eigenvalue weighted by atomic mass is 16.5. The molecule has 24 heavy (non-hydrogen) atoms. The highest BCUT2D eigenvalue weighted by Crippen LogP contribution is 2.39. The molecule has 0 spiro atoms. The van der Waals surface area contributed by atoms with E-state index in [2.05, 4.69) is 5.32 Å².